The van der Waals surface area contributed by atoms with Gasteiger partial charge >= 0.3 is 6.03 Å². The second kappa shape index (κ2) is 11.5. The van der Waals surface area contributed by atoms with E-state index in [9.17, 15) is 4.79 Å². The molecule has 1 heterocycles. The number of halogens is 1. The lowest BCUT2D eigenvalue weighted by atomic mass is 9.49. The highest BCUT2D eigenvalue weighted by Gasteiger charge is 2.50. The van der Waals surface area contributed by atoms with Crippen LogP contribution in [0.4, 0.5) is 4.79 Å². The van der Waals surface area contributed by atoms with E-state index in [1.807, 2.05) is 12.4 Å². The average molecular weight is 448 g/mol. The molecule has 4 aliphatic rings. The molecule has 174 valence electrons. The van der Waals surface area contributed by atoms with Crippen LogP contribution < -0.4 is 5.32 Å². The number of urea groups is 1. The van der Waals surface area contributed by atoms with Crippen molar-refractivity contribution in [3.05, 3.63) is 30.1 Å². The molecule has 4 nitrogen and oxygen atoms in total. The number of carbonyl (C=O) groups excluding carboxylic acids is 1. The Morgan fingerprint density at radius 1 is 1.03 bits per heavy atom. The summed E-state index contributed by atoms with van der Waals surface area (Å²) in [7, 11) is 0. The maximum Gasteiger partial charge on any atom is 0.317 e. The fourth-order valence-electron chi connectivity index (χ4n) is 6.98. The molecule has 2 amide bonds. The Labute approximate surface area is 195 Å². The molecule has 1 aromatic rings. The first-order valence-electron chi connectivity index (χ1n) is 12.6. The Kier molecular flexibility index (Phi) is 9.06. The molecule has 4 fully saturated rings. The van der Waals surface area contributed by atoms with E-state index in [0.29, 0.717) is 5.41 Å². The van der Waals surface area contributed by atoms with E-state index in [1.165, 1.54) is 63.4 Å². The highest BCUT2D eigenvalue weighted by molar-refractivity contribution is 5.85. The molecule has 1 N–H and O–H groups in total. The van der Waals surface area contributed by atoms with E-state index >= 15 is 0 Å². The van der Waals surface area contributed by atoms with Crippen molar-refractivity contribution in [1.29, 1.82) is 0 Å². The van der Waals surface area contributed by atoms with E-state index in [0.717, 1.165) is 56.7 Å². The third-order valence-corrected chi connectivity index (χ3v) is 8.06. The van der Waals surface area contributed by atoms with Crippen LogP contribution in [0.25, 0.3) is 0 Å². The van der Waals surface area contributed by atoms with Crippen LogP contribution in [0, 0.1) is 23.2 Å². The molecule has 0 aliphatic heterocycles. The monoisotopic (exact) mass is 447 g/mol. The summed E-state index contributed by atoms with van der Waals surface area (Å²) in [5.41, 5.74) is 1.85. The van der Waals surface area contributed by atoms with Crippen molar-refractivity contribution >= 4 is 18.4 Å². The molecule has 1 aromatic heterocycles. The Bertz CT molecular complexity index is 645. The van der Waals surface area contributed by atoms with Crippen molar-refractivity contribution in [3.63, 3.8) is 0 Å². The van der Waals surface area contributed by atoms with Crippen LogP contribution in [0.1, 0.15) is 83.1 Å². The number of hydrogen-bond acceptors (Lipinski definition) is 2. The second-order valence-electron chi connectivity index (χ2n) is 10.6. The smallest absolute Gasteiger partial charge is 0.317 e. The number of nitrogens with zero attached hydrogens (tertiary/aromatic N) is 2. The third-order valence-electron chi connectivity index (χ3n) is 8.06. The summed E-state index contributed by atoms with van der Waals surface area (Å²) in [5, 5.41) is 3.21. The Morgan fingerprint density at radius 2 is 1.68 bits per heavy atom. The lowest BCUT2D eigenvalue weighted by Crippen LogP contribution is -2.48. The van der Waals surface area contributed by atoms with Crippen molar-refractivity contribution in [2.24, 2.45) is 23.2 Å². The van der Waals surface area contributed by atoms with Crippen LogP contribution in [0.3, 0.4) is 0 Å². The van der Waals surface area contributed by atoms with Crippen molar-refractivity contribution in [2.45, 2.75) is 84.0 Å². The molecule has 5 heteroatoms. The molecule has 4 saturated carbocycles. The highest BCUT2D eigenvalue weighted by Crippen LogP contribution is 2.61. The van der Waals surface area contributed by atoms with Gasteiger partial charge < -0.3 is 10.2 Å². The van der Waals surface area contributed by atoms with Gasteiger partial charge in [0, 0.05) is 32.0 Å². The van der Waals surface area contributed by atoms with Gasteiger partial charge in [-0.15, -0.1) is 12.4 Å². The van der Waals surface area contributed by atoms with Gasteiger partial charge in [0.05, 0.1) is 0 Å². The third kappa shape index (κ3) is 6.60. The zero-order chi connectivity index (χ0) is 20.8. The summed E-state index contributed by atoms with van der Waals surface area (Å²) in [4.78, 5) is 19.2. The average Bonchev–Trinajstić information content (AvgIpc) is 2.73. The zero-order valence-corrected chi connectivity index (χ0v) is 20.2. The van der Waals surface area contributed by atoms with Crippen LogP contribution in [-0.2, 0) is 6.42 Å². The summed E-state index contributed by atoms with van der Waals surface area (Å²) < 4.78 is 0. The first-order chi connectivity index (χ1) is 14.7. The van der Waals surface area contributed by atoms with Gasteiger partial charge in [0.25, 0.3) is 0 Å². The van der Waals surface area contributed by atoms with E-state index < -0.39 is 0 Å². The number of hydrogen-bond donors (Lipinski definition) is 1. The molecule has 0 saturated heterocycles. The van der Waals surface area contributed by atoms with Crippen LogP contribution in [0.5, 0.6) is 0 Å². The molecule has 0 radical (unpaired) electrons. The standard InChI is InChI=1S/C26H41N3O.ClH/c1-2-3-4-13-29(25(30)28-10-5-6-21-7-11-27-12-8-21)14-9-26-18-22-15-23(19-26)17-24(16-22)20-26;/h7-8,11-12,22-24H,2-6,9-10,13-20H2,1H3,(H,28,30);1H. The van der Waals surface area contributed by atoms with E-state index in [-0.39, 0.29) is 18.4 Å². The normalized spacial score (nSPS) is 28.2. The number of unbranched alkanes of at least 4 members (excludes halogenated alkanes) is 2. The topological polar surface area (TPSA) is 45.2 Å². The Hall–Kier alpha value is -1.29. The van der Waals surface area contributed by atoms with Crippen LogP contribution in [0.15, 0.2) is 24.5 Å². The van der Waals surface area contributed by atoms with Gasteiger partial charge in [0.1, 0.15) is 0 Å². The minimum atomic E-state index is 0. The molecule has 0 unspecified atom stereocenters. The fraction of sp³-hybridized carbons (Fsp3) is 0.769. The van der Waals surface area contributed by atoms with Gasteiger partial charge in [-0.1, -0.05) is 19.8 Å². The summed E-state index contributed by atoms with van der Waals surface area (Å²) in [6.07, 6.45) is 19.2. The summed E-state index contributed by atoms with van der Waals surface area (Å²) >= 11 is 0. The molecule has 0 atom stereocenters. The van der Waals surface area contributed by atoms with E-state index in [4.69, 9.17) is 0 Å². The predicted molar refractivity (Wildman–Crippen MR) is 130 cm³/mol. The number of pyridine rings is 1. The van der Waals surface area contributed by atoms with Crippen LogP contribution in [-0.4, -0.2) is 35.5 Å². The van der Waals surface area contributed by atoms with Gasteiger partial charge in [-0.25, -0.2) is 4.79 Å². The van der Waals surface area contributed by atoms with Gasteiger partial charge in [-0.3, -0.25) is 4.98 Å². The van der Waals surface area contributed by atoms with Crippen LogP contribution >= 0.6 is 12.4 Å². The lowest BCUT2D eigenvalue weighted by Gasteiger charge is -2.57. The largest absolute Gasteiger partial charge is 0.338 e. The number of aromatic nitrogens is 1. The van der Waals surface area contributed by atoms with Gasteiger partial charge in [0.15, 0.2) is 0 Å². The van der Waals surface area contributed by atoms with Crippen LogP contribution in [0.2, 0.25) is 0 Å². The fourth-order valence-corrected chi connectivity index (χ4v) is 6.98. The molecular formula is C26H42ClN3O. The first kappa shape index (κ1) is 24.4. The quantitative estimate of drug-likeness (QED) is 0.408. The number of nitrogens with one attached hydrogen (secondary N) is 1. The SMILES string of the molecule is CCCCCN(CCC12CC3CC(CC(C3)C1)C2)C(=O)NCCCc1ccncc1.Cl. The Balaban J connectivity index is 0.00000272. The van der Waals surface area contributed by atoms with Crippen molar-refractivity contribution in [1.82, 2.24) is 15.2 Å². The van der Waals surface area contributed by atoms with E-state index in [1.54, 1.807) is 0 Å². The predicted octanol–water partition coefficient (Wildman–Crippen LogP) is 6.24. The highest BCUT2D eigenvalue weighted by atomic mass is 35.5. The van der Waals surface area contributed by atoms with Gasteiger partial charge in [-0.05, 0) is 105 Å². The number of carbonyl (C=O) groups is 1. The molecule has 5 rings (SSSR count). The minimum Gasteiger partial charge on any atom is -0.338 e. The molecule has 4 aliphatic carbocycles. The number of amides is 2. The second-order valence-corrected chi connectivity index (χ2v) is 10.6. The number of aryl methyl sites for hydroxylation is 1. The molecule has 31 heavy (non-hydrogen) atoms. The molecule has 4 bridgehead atoms. The van der Waals surface area contributed by atoms with Gasteiger partial charge in [0.2, 0.25) is 0 Å². The summed E-state index contributed by atoms with van der Waals surface area (Å²) in [6.45, 7) is 4.85. The zero-order valence-electron chi connectivity index (χ0n) is 19.4. The summed E-state index contributed by atoms with van der Waals surface area (Å²) in [5.74, 6) is 2.98. The van der Waals surface area contributed by atoms with Gasteiger partial charge in [-0.2, -0.15) is 0 Å². The summed E-state index contributed by atoms with van der Waals surface area (Å²) in [6, 6.07) is 4.28. The molecule has 0 aromatic carbocycles. The van der Waals surface area contributed by atoms with E-state index in [2.05, 4.69) is 34.3 Å². The minimum absolute atomic E-state index is 0. The number of rotatable bonds is 11. The lowest BCUT2D eigenvalue weighted by molar-refractivity contribution is -0.0596. The van der Waals surface area contributed by atoms with Crippen molar-refractivity contribution in [3.8, 4) is 0 Å². The molecular weight excluding hydrogens is 406 g/mol. The maximum atomic E-state index is 13.0. The molecule has 0 spiro atoms. The maximum absolute atomic E-state index is 13.0. The van der Waals surface area contributed by atoms with Crippen molar-refractivity contribution < 1.29 is 4.79 Å². The first-order valence-corrected chi connectivity index (χ1v) is 12.6. The Morgan fingerprint density at radius 3 is 2.29 bits per heavy atom. The van der Waals surface area contributed by atoms with Crippen molar-refractivity contribution in [2.75, 3.05) is 19.6 Å².